The second-order valence-electron chi connectivity index (χ2n) is 6.57. The molecule has 0 aromatic heterocycles. The Labute approximate surface area is 120 Å². The molecule has 1 aliphatic heterocycles. The van der Waals surface area contributed by atoms with E-state index in [9.17, 15) is 9.59 Å². The molecule has 1 amide bonds. The maximum Gasteiger partial charge on any atom is 0.309 e. The molecule has 1 saturated carbocycles. The Balaban J connectivity index is 2.15. The van der Waals surface area contributed by atoms with Crippen LogP contribution in [0.5, 0.6) is 0 Å². The highest BCUT2D eigenvalue weighted by Gasteiger charge is 2.50. The van der Waals surface area contributed by atoms with Crippen molar-refractivity contribution in [2.45, 2.75) is 64.8 Å². The fourth-order valence-electron chi connectivity index (χ4n) is 3.36. The van der Waals surface area contributed by atoms with Gasteiger partial charge in [0.05, 0.1) is 12.5 Å². The zero-order valence-corrected chi connectivity index (χ0v) is 12.6. The van der Waals surface area contributed by atoms with Crippen LogP contribution in [-0.2, 0) is 19.1 Å². The summed E-state index contributed by atoms with van der Waals surface area (Å²) in [5, 5.41) is 0. The molecular formula is C15H25NO4. The maximum absolute atomic E-state index is 11.7. The number of cyclic esters (lactones) is 1. The molecule has 0 bridgehead atoms. The van der Waals surface area contributed by atoms with E-state index in [-0.39, 0.29) is 18.9 Å². The number of hydrogen-bond donors (Lipinski definition) is 1. The average Bonchev–Trinajstić information content (AvgIpc) is 2.71. The zero-order valence-electron chi connectivity index (χ0n) is 12.6. The molecule has 0 spiro atoms. The van der Waals surface area contributed by atoms with Crippen molar-refractivity contribution in [2.24, 2.45) is 23.5 Å². The minimum absolute atomic E-state index is 0.0721. The average molecular weight is 283 g/mol. The van der Waals surface area contributed by atoms with Crippen LogP contribution in [-0.4, -0.2) is 23.8 Å². The number of esters is 1. The minimum atomic E-state index is -1.54. The summed E-state index contributed by atoms with van der Waals surface area (Å²) >= 11 is 0. The van der Waals surface area contributed by atoms with Crippen molar-refractivity contribution in [2.75, 3.05) is 0 Å². The number of nitrogens with two attached hydrogens (primary N) is 1. The Morgan fingerprint density at radius 1 is 1.45 bits per heavy atom. The van der Waals surface area contributed by atoms with E-state index in [1.54, 1.807) is 0 Å². The summed E-state index contributed by atoms with van der Waals surface area (Å²) in [6, 6.07) is 0. The monoisotopic (exact) mass is 283 g/mol. The van der Waals surface area contributed by atoms with Gasteiger partial charge in [-0.2, -0.15) is 0 Å². The molecule has 20 heavy (non-hydrogen) atoms. The van der Waals surface area contributed by atoms with E-state index in [2.05, 4.69) is 20.8 Å². The fraction of sp³-hybridized carbons (Fsp3) is 0.867. The van der Waals surface area contributed by atoms with Gasteiger partial charge in [0.25, 0.3) is 11.7 Å². The summed E-state index contributed by atoms with van der Waals surface area (Å²) in [6.07, 6.45) is 3.49. The first-order valence-corrected chi connectivity index (χ1v) is 7.53. The molecule has 0 unspecified atom stereocenters. The quantitative estimate of drug-likeness (QED) is 0.800. The van der Waals surface area contributed by atoms with E-state index in [1.807, 2.05) is 0 Å². The summed E-state index contributed by atoms with van der Waals surface area (Å²) in [5.41, 5.74) is 5.43. The first-order chi connectivity index (χ1) is 9.34. The lowest BCUT2D eigenvalue weighted by molar-refractivity contribution is -0.239. The van der Waals surface area contributed by atoms with Gasteiger partial charge in [0.1, 0.15) is 0 Å². The lowest BCUT2D eigenvalue weighted by Gasteiger charge is -2.40. The van der Waals surface area contributed by atoms with Crippen LogP contribution in [0.3, 0.4) is 0 Å². The summed E-state index contributed by atoms with van der Waals surface area (Å²) in [4.78, 5) is 23.1. The topological polar surface area (TPSA) is 78.6 Å². The molecule has 1 heterocycles. The highest BCUT2D eigenvalue weighted by atomic mass is 16.7. The van der Waals surface area contributed by atoms with Crippen LogP contribution < -0.4 is 5.73 Å². The highest BCUT2D eigenvalue weighted by Crippen LogP contribution is 2.39. The van der Waals surface area contributed by atoms with Crippen LogP contribution in [0.2, 0.25) is 0 Å². The van der Waals surface area contributed by atoms with Gasteiger partial charge in [0.15, 0.2) is 0 Å². The normalized spacial score (nSPS) is 38.0. The van der Waals surface area contributed by atoms with E-state index >= 15 is 0 Å². The van der Waals surface area contributed by atoms with Gasteiger partial charge in [0, 0.05) is 6.42 Å². The number of primary amides is 1. The molecule has 114 valence electrons. The third kappa shape index (κ3) is 2.97. The van der Waals surface area contributed by atoms with Gasteiger partial charge in [-0.15, -0.1) is 0 Å². The second-order valence-corrected chi connectivity index (χ2v) is 6.57. The van der Waals surface area contributed by atoms with E-state index in [1.165, 1.54) is 6.42 Å². The van der Waals surface area contributed by atoms with Crippen LogP contribution in [0.15, 0.2) is 0 Å². The number of hydrogen-bond acceptors (Lipinski definition) is 4. The van der Waals surface area contributed by atoms with E-state index in [0.29, 0.717) is 17.8 Å². The van der Waals surface area contributed by atoms with Gasteiger partial charge in [-0.3, -0.25) is 9.59 Å². The summed E-state index contributed by atoms with van der Waals surface area (Å²) < 4.78 is 11.1. The first-order valence-electron chi connectivity index (χ1n) is 7.53. The molecule has 5 heteroatoms. The van der Waals surface area contributed by atoms with E-state index in [0.717, 1.165) is 12.8 Å². The molecule has 2 fully saturated rings. The molecule has 0 radical (unpaired) electrons. The van der Waals surface area contributed by atoms with Crippen molar-refractivity contribution in [1.29, 1.82) is 0 Å². The Bertz CT molecular complexity index is 395. The van der Waals surface area contributed by atoms with Crippen molar-refractivity contribution in [3.63, 3.8) is 0 Å². The minimum Gasteiger partial charge on any atom is -0.423 e. The second kappa shape index (κ2) is 5.72. The Morgan fingerprint density at radius 3 is 2.65 bits per heavy atom. The predicted molar refractivity (Wildman–Crippen MR) is 73.5 cm³/mol. The van der Waals surface area contributed by atoms with Gasteiger partial charge in [-0.05, 0) is 30.6 Å². The van der Waals surface area contributed by atoms with Crippen LogP contribution in [0, 0.1) is 17.8 Å². The SMILES string of the molecule is CC(C)[C@@H]1CC[C@@H](C)C[C@H]1O[C@]1(C(N)=O)CCC(=O)O1. The Hall–Kier alpha value is -1.10. The summed E-state index contributed by atoms with van der Waals surface area (Å²) in [6.45, 7) is 6.51. The third-order valence-electron chi connectivity index (χ3n) is 4.62. The fourth-order valence-corrected chi connectivity index (χ4v) is 3.36. The van der Waals surface area contributed by atoms with Crippen molar-refractivity contribution in [3.05, 3.63) is 0 Å². The summed E-state index contributed by atoms with van der Waals surface area (Å²) in [7, 11) is 0. The number of ether oxygens (including phenoxy) is 2. The number of carbonyl (C=O) groups is 2. The molecule has 1 aliphatic carbocycles. The van der Waals surface area contributed by atoms with Gasteiger partial charge in [-0.1, -0.05) is 27.2 Å². The van der Waals surface area contributed by atoms with Crippen LogP contribution >= 0.6 is 0 Å². The number of carbonyl (C=O) groups excluding carboxylic acids is 2. The first kappa shape index (κ1) is 15.3. The molecule has 2 aliphatic rings. The molecule has 1 saturated heterocycles. The van der Waals surface area contributed by atoms with Crippen molar-refractivity contribution < 1.29 is 19.1 Å². The van der Waals surface area contributed by atoms with E-state index < -0.39 is 17.7 Å². The van der Waals surface area contributed by atoms with Gasteiger partial charge in [0.2, 0.25) is 0 Å². The van der Waals surface area contributed by atoms with Crippen molar-refractivity contribution >= 4 is 11.9 Å². The van der Waals surface area contributed by atoms with Crippen molar-refractivity contribution in [1.82, 2.24) is 0 Å². The van der Waals surface area contributed by atoms with Crippen LogP contribution in [0.25, 0.3) is 0 Å². The Morgan fingerprint density at radius 2 is 2.15 bits per heavy atom. The molecule has 0 aromatic carbocycles. The van der Waals surface area contributed by atoms with Gasteiger partial charge < -0.3 is 15.2 Å². The molecule has 0 aromatic rings. The standard InChI is InChI=1S/C15H25NO4/c1-9(2)11-5-4-10(3)8-12(11)19-15(14(16)18)7-6-13(17)20-15/h9-12H,4-8H2,1-3H3,(H2,16,18)/t10-,11+,12-,15-/m1/s1. The van der Waals surface area contributed by atoms with Gasteiger partial charge >= 0.3 is 5.97 Å². The van der Waals surface area contributed by atoms with Gasteiger partial charge in [-0.25, -0.2) is 0 Å². The smallest absolute Gasteiger partial charge is 0.309 e. The number of rotatable bonds is 4. The molecule has 2 N–H and O–H groups in total. The summed E-state index contributed by atoms with van der Waals surface area (Å²) in [5.74, 6) is -1.24. The maximum atomic E-state index is 11.7. The predicted octanol–water partition coefficient (Wildman–Crippen LogP) is 1.98. The molecule has 4 atom stereocenters. The van der Waals surface area contributed by atoms with E-state index in [4.69, 9.17) is 15.2 Å². The molecular weight excluding hydrogens is 258 g/mol. The van der Waals surface area contributed by atoms with Crippen LogP contribution in [0.4, 0.5) is 0 Å². The van der Waals surface area contributed by atoms with Crippen molar-refractivity contribution in [3.8, 4) is 0 Å². The third-order valence-corrected chi connectivity index (χ3v) is 4.62. The van der Waals surface area contributed by atoms with Crippen LogP contribution in [0.1, 0.15) is 52.9 Å². The lowest BCUT2D eigenvalue weighted by Crippen LogP contribution is -2.51. The number of amides is 1. The molecule has 2 rings (SSSR count). The Kier molecular flexibility index (Phi) is 4.37. The molecule has 5 nitrogen and oxygen atoms in total. The highest BCUT2D eigenvalue weighted by molar-refractivity contribution is 5.87. The zero-order chi connectivity index (χ0) is 14.9. The lowest BCUT2D eigenvalue weighted by atomic mass is 9.75. The largest absolute Gasteiger partial charge is 0.423 e.